The minimum Gasteiger partial charge on any atom is -0.399 e. The lowest BCUT2D eigenvalue weighted by Gasteiger charge is -2.12. The highest BCUT2D eigenvalue weighted by Crippen LogP contribution is 2.28. The van der Waals surface area contributed by atoms with Gasteiger partial charge in [0.15, 0.2) is 0 Å². The van der Waals surface area contributed by atoms with Gasteiger partial charge in [-0.1, -0.05) is 18.2 Å². The molecule has 3 N–H and O–H groups in total. The lowest BCUT2D eigenvalue weighted by atomic mass is 10.1. The number of nitrogens with zero attached hydrogens (tertiary/aromatic N) is 2. The predicted molar refractivity (Wildman–Crippen MR) is 76.8 cm³/mol. The van der Waals surface area contributed by atoms with Crippen LogP contribution >= 0.6 is 0 Å². The molecule has 0 atom stereocenters. The lowest BCUT2D eigenvalue weighted by Crippen LogP contribution is -2.15. The zero-order valence-electron chi connectivity index (χ0n) is 10.4. The Morgan fingerprint density at radius 1 is 1.05 bits per heavy atom. The molecule has 4 rings (SSSR count). The molecule has 3 aromatic rings. The Morgan fingerprint density at radius 2 is 1.89 bits per heavy atom. The van der Waals surface area contributed by atoms with E-state index in [1.165, 1.54) is 11.1 Å². The third-order valence-electron chi connectivity index (χ3n) is 3.63. The minimum atomic E-state index is 0.824. The van der Waals surface area contributed by atoms with Crippen molar-refractivity contribution >= 4 is 22.7 Å². The second kappa shape index (κ2) is 3.75. The van der Waals surface area contributed by atoms with Gasteiger partial charge in [-0.25, -0.2) is 4.98 Å². The highest BCUT2D eigenvalue weighted by molar-refractivity contribution is 5.77. The third kappa shape index (κ3) is 1.64. The third-order valence-corrected chi connectivity index (χ3v) is 3.63. The van der Waals surface area contributed by atoms with Crippen LogP contribution in [0, 0.1) is 0 Å². The van der Waals surface area contributed by atoms with Crippen molar-refractivity contribution in [3.05, 3.63) is 53.6 Å². The molecule has 1 aromatic heterocycles. The highest BCUT2D eigenvalue weighted by Gasteiger charge is 2.21. The van der Waals surface area contributed by atoms with E-state index >= 15 is 0 Å². The number of rotatable bonds is 1. The number of benzene rings is 2. The van der Waals surface area contributed by atoms with Gasteiger partial charge < -0.3 is 15.6 Å². The number of fused-ring (bicyclic) bond motifs is 2. The van der Waals surface area contributed by atoms with Gasteiger partial charge in [-0.15, -0.1) is 0 Å². The molecule has 0 unspecified atom stereocenters. The van der Waals surface area contributed by atoms with Crippen LogP contribution in [0.25, 0.3) is 11.0 Å². The Bertz CT molecular complexity index is 727. The van der Waals surface area contributed by atoms with Crippen LogP contribution in [-0.2, 0) is 13.1 Å². The van der Waals surface area contributed by atoms with Gasteiger partial charge in [-0.2, -0.15) is 0 Å². The van der Waals surface area contributed by atoms with Crippen molar-refractivity contribution in [2.45, 2.75) is 13.1 Å². The zero-order valence-corrected chi connectivity index (χ0v) is 10.4. The van der Waals surface area contributed by atoms with Crippen LogP contribution < -0.4 is 10.6 Å². The zero-order chi connectivity index (χ0) is 12.8. The molecule has 0 bridgehead atoms. The first-order valence-electron chi connectivity index (χ1n) is 6.36. The first-order chi connectivity index (χ1) is 9.29. The summed E-state index contributed by atoms with van der Waals surface area (Å²) in [5.41, 5.74) is 11.4. The molecule has 0 radical (unpaired) electrons. The fourth-order valence-electron chi connectivity index (χ4n) is 2.65. The molecule has 2 aromatic carbocycles. The van der Waals surface area contributed by atoms with Gasteiger partial charge in [-0.05, 0) is 35.4 Å². The van der Waals surface area contributed by atoms with E-state index < -0.39 is 0 Å². The number of hydrogen-bond donors (Lipinski definition) is 2. The number of aromatic nitrogens is 2. The van der Waals surface area contributed by atoms with Crippen molar-refractivity contribution in [3.8, 4) is 0 Å². The van der Waals surface area contributed by atoms with Crippen molar-refractivity contribution in [2.75, 3.05) is 10.6 Å². The van der Waals surface area contributed by atoms with Gasteiger partial charge in [0.05, 0.1) is 11.0 Å². The number of nitrogen functional groups attached to an aromatic ring is 1. The molecule has 4 heteroatoms. The fourth-order valence-corrected chi connectivity index (χ4v) is 2.65. The van der Waals surface area contributed by atoms with Gasteiger partial charge in [0.25, 0.3) is 0 Å². The molecular formula is C15H14N4. The fraction of sp³-hybridized carbons (Fsp3) is 0.133. The normalized spacial score (nSPS) is 14.0. The molecule has 0 saturated heterocycles. The van der Waals surface area contributed by atoms with E-state index in [4.69, 9.17) is 5.73 Å². The SMILES string of the molecule is Nc1ccc2c(c1)CN(c1nc3ccccc3[nH]1)C2. The van der Waals surface area contributed by atoms with Crippen molar-refractivity contribution in [2.24, 2.45) is 0 Å². The summed E-state index contributed by atoms with van der Waals surface area (Å²) in [5, 5.41) is 0. The van der Waals surface area contributed by atoms with E-state index in [2.05, 4.69) is 27.0 Å². The molecule has 0 spiro atoms. The topological polar surface area (TPSA) is 57.9 Å². The van der Waals surface area contributed by atoms with Gasteiger partial charge in [0, 0.05) is 18.8 Å². The largest absolute Gasteiger partial charge is 0.399 e. The molecule has 19 heavy (non-hydrogen) atoms. The molecule has 4 nitrogen and oxygen atoms in total. The molecular weight excluding hydrogens is 236 g/mol. The summed E-state index contributed by atoms with van der Waals surface area (Å²) in [5.74, 6) is 0.927. The summed E-state index contributed by atoms with van der Waals surface area (Å²) in [6.07, 6.45) is 0. The maximum absolute atomic E-state index is 5.83. The summed E-state index contributed by atoms with van der Waals surface area (Å²) < 4.78 is 0. The average Bonchev–Trinajstić information content (AvgIpc) is 3.00. The number of H-pyrrole nitrogens is 1. The van der Waals surface area contributed by atoms with Gasteiger partial charge in [0.2, 0.25) is 5.95 Å². The van der Waals surface area contributed by atoms with E-state index in [9.17, 15) is 0 Å². The molecule has 94 valence electrons. The van der Waals surface area contributed by atoms with E-state index in [-0.39, 0.29) is 0 Å². The summed E-state index contributed by atoms with van der Waals surface area (Å²) in [4.78, 5) is 10.3. The Labute approximate surface area is 110 Å². The molecule has 0 saturated carbocycles. The molecule has 0 amide bonds. The molecule has 2 heterocycles. The number of nitrogens with two attached hydrogens (primary N) is 1. The Hall–Kier alpha value is -2.49. The van der Waals surface area contributed by atoms with Crippen molar-refractivity contribution in [1.29, 1.82) is 0 Å². The highest BCUT2D eigenvalue weighted by atomic mass is 15.3. The maximum atomic E-state index is 5.83. The summed E-state index contributed by atoms with van der Waals surface area (Å²) in [7, 11) is 0. The van der Waals surface area contributed by atoms with Crippen LogP contribution in [-0.4, -0.2) is 9.97 Å². The quantitative estimate of drug-likeness (QED) is 0.653. The monoisotopic (exact) mass is 250 g/mol. The average molecular weight is 250 g/mol. The number of imidazole rings is 1. The Balaban J connectivity index is 1.72. The molecule has 1 aliphatic rings. The summed E-state index contributed by atoms with van der Waals surface area (Å²) in [6, 6.07) is 14.2. The van der Waals surface area contributed by atoms with Crippen LogP contribution in [0.5, 0.6) is 0 Å². The smallest absolute Gasteiger partial charge is 0.204 e. The van der Waals surface area contributed by atoms with E-state index in [1.54, 1.807) is 0 Å². The number of nitrogens with one attached hydrogen (secondary N) is 1. The van der Waals surface area contributed by atoms with Crippen LogP contribution in [0.15, 0.2) is 42.5 Å². The van der Waals surface area contributed by atoms with Gasteiger partial charge >= 0.3 is 0 Å². The summed E-state index contributed by atoms with van der Waals surface area (Å²) >= 11 is 0. The van der Waals surface area contributed by atoms with Gasteiger partial charge in [0.1, 0.15) is 0 Å². The maximum Gasteiger partial charge on any atom is 0.204 e. The van der Waals surface area contributed by atoms with Gasteiger partial charge in [-0.3, -0.25) is 0 Å². The standard InChI is InChI=1S/C15H14N4/c16-12-6-5-10-8-19(9-11(10)7-12)15-17-13-3-1-2-4-14(13)18-15/h1-7H,8-9,16H2,(H,17,18). The van der Waals surface area contributed by atoms with Crippen LogP contribution in [0.4, 0.5) is 11.6 Å². The van der Waals surface area contributed by atoms with E-state index in [0.717, 1.165) is 35.8 Å². The number of para-hydroxylation sites is 2. The first-order valence-corrected chi connectivity index (χ1v) is 6.36. The second-order valence-corrected chi connectivity index (χ2v) is 4.96. The van der Waals surface area contributed by atoms with E-state index in [1.807, 2.05) is 30.3 Å². The van der Waals surface area contributed by atoms with E-state index in [0.29, 0.717) is 0 Å². The predicted octanol–water partition coefficient (Wildman–Crippen LogP) is 2.67. The van der Waals surface area contributed by atoms with Crippen LogP contribution in [0.2, 0.25) is 0 Å². The van der Waals surface area contributed by atoms with Crippen molar-refractivity contribution < 1.29 is 0 Å². The Kier molecular flexibility index (Phi) is 2.06. The molecule has 0 aliphatic carbocycles. The van der Waals surface area contributed by atoms with Crippen molar-refractivity contribution in [1.82, 2.24) is 9.97 Å². The molecule has 1 aliphatic heterocycles. The Morgan fingerprint density at radius 3 is 2.79 bits per heavy atom. The second-order valence-electron chi connectivity index (χ2n) is 4.96. The van der Waals surface area contributed by atoms with Crippen LogP contribution in [0.3, 0.4) is 0 Å². The number of hydrogen-bond acceptors (Lipinski definition) is 3. The van der Waals surface area contributed by atoms with Crippen LogP contribution in [0.1, 0.15) is 11.1 Å². The van der Waals surface area contributed by atoms with Crippen molar-refractivity contribution in [3.63, 3.8) is 0 Å². The number of aromatic amines is 1. The lowest BCUT2D eigenvalue weighted by molar-refractivity contribution is 0.844. The molecule has 0 fully saturated rings. The summed E-state index contributed by atoms with van der Waals surface area (Å²) in [6.45, 7) is 1.75. The first kappa shape index (κ1) is 10.4. The number of anilines is 2. The minimum absolute atomic E-state index is 0.824.